The lowest BCUT2D eigenvalue weighted by Gasteiger charge is -2.36. The van der Waals surface area contributed by atoms with Gasteiger partial charge < -0.3 is 24.5 Å². The van der Waals surface area contributed by atoms with Crippen LogP contribution in [0.2, 0.25) is 0 Å². The third kappa shape index (κ3) is 4.87. The van der Waals surface area contributed by atoms with E-state index in [1.807, 2.05) is 4.90 Å². The Hall–Kier alpha value is -3.36. The van der Waals surface area contributed by atoms with Crippen LogP contribution >= 0.6 is 0 Å². The summed E-state index contributed by atoms with van der Waals surface area (Å²) in [6.07, 6.45) is 3.39. The van der Waals surface area contributed by atoms with Gasteiger partial charge in [-0.2, -0.15) is 0 Å². The summed E-state index contributed by atoms with van der Waals surface area (Å²) >= 11 is 0. The fourth-order valence-electron chi connectivity index (χ4n) is 3.07. The molecule has 0 spiro atoms. The second-order valence-electron chi connectivity index (χ2n) is 6.36. The fraction of sp³-hybridized carbons (Fsp3) is 0.368. The lowest BCUT2D eigenvalue weighted by atomic mass is 10.2. The summed E-state index contributed by atoms with van der Waals surface area (Å²) in [7, 11) is 1.56. The van der Waals surface area contributed by atoms with E-state index in [2.05, 4.69) is 9.97 Å². The van der Waals surface area contributed by atoms with Crippen LogP contribution in [-0.2, 0) is 9.59 Å². The molecule has 0 aliphatic carbocycles. The number of anilines is 2. The monoisotopic (exact) mass is 385 g/mol. The van der Waals surface area contributed by atoms with E-state index in [1.54, 1.807) is 59.6 Å². The van der Waals surface area contributed by atoms with Crippen LogP contribution in [0.4, 0.5) is 11.6 Å². The number of carboxylic acids is 1. The van der Waals surface area contributed by atoms with Crippen molar-refractivity contribution in [1.29, 1.82) is 0 Å². The number of methoxy groups -OCH3 is 1. The molecule has 1 amide bonds. The van der Waals surface area contributed by atoms with Gasteiger partial charge in [0.1, 0.15) is 12.3 Å². The highest BCUT2D eigenvalue weighted by atomic mass is 16.5. The number of carboxylic acid groups (broad SMARTS) is 1. The van der Waals surface area contributed by atoms with Crippen molar-refractivity contribution in [2.24, 2.45) is 0 Å². The second kappa shape index (κ2) is 9.03. The summed E-state index contributed by atoms with van der Waals surface area (Å²) in [6.45, 7) is 2.10. The molecule has 1 aliphatic rings. The minimum atomic E-state index is -0.991. The lowest BCUT2D eigenvalue weighted by molar-refractivity contribution is -0.135. The van der Waals surface area contributed by atoms with Crippen molar-refractivity contribution in [3.05, 3.63) is 42.7 Å². The van der Waals surface area contributed by atoms with E-state index in [-0.39, 0.29) is 19.0 Å². The average Bonchev–Trinajstić information content (AvgIpc) is 2.74. The van der Waals surface area contributed by atoms with Gasteiger partial charge in [-0.3, -0.25) is 9.59 Å². The van der Waals surface area contributed by atoms with E-state index >= 15 is 0 Å². The number of carbonyl (C=O) groups is 2. The molecule has 1 saturated heterocycles. The first-order valence-corrected chi connectivity index (χ1v) is 8.97. The number of carbonyl (C=O) groups excluding carboxylic acids is 1. The van der Waals surface area contributed by atoms with Gasteiger partial charge in [0.2, 0.25) is 11.9 Å². The van der Waals surface area contributed by atoms with Crippen molar-refractivity contribution in [1.82, 2.24) is 14.9 Å². The minimum absolute atomic E-state index is 0.000462. The molecule has 3 rings (SSSR count). The van der Waals surface area contributed by atoms with Crippen molar-refractivity contribution in [2.45, 2.75) is 0 Å². The molecule has 1 aliphatic heterocycles. The minimum Gasteiger partial charge on any atom is -0.497 e. The highest BCUT2D eigenvalue weighted by molar-refractivity contribution is 5.84. The molecular weight excluding hydrogens is 362 g/mol. The maximum Gasteiger partial charge on any atom is 0.323 e. The fourth-order valence-corrected chi connectivity index (χ4v) is 3.07. The first-order valence-electron chi connectivity index (χ1n) is 8.97. The summed E-state index contributed by atoms with van der Waals surface area (Å²) < 4.78 is 5.13. The molecule has 148 valence electrons. The lowest BCUT2D eigenvalue weighted by Crippen LogP contribution is -2.52. The van der Waals surface area contributed by atoms with E-state index in [1.165, 1.54) is 0 Å². The Morgan fingerprint density at radius 2 is 1.71 bits per heavy atom. The number of aliphatic carboxylic acids is 1. The number of benzene rings is 1. The van der Waals surface area contributed by atoms with Crippen molar-refractivity contribution in [2.75, 3.05) is 56.2 Å². The Labute approximate surface area is 163 Å². The first-order chi connectivity index (χ1) is 13.6. The zero-order valence-corrected chi connectivity index (χ0v) is 15.7. The van der Waals surface area contributed by atoms with E-state index in [0.29, 0.717) is 43.6 Å². The topological polar surface area (TPSA) is 99.1 Å². The third-order valence-electron chi connectivity index (χ3n) is 4.56. The molecule has 9 heteroatoms. The van der Waals surface area contributed by atoms with E-state index < -0.39 is 5.97 Å². The van der Waals surface area contributed by atoms with Crippen molar-refractivity contribution < 1.29 is 19.4 Å². The number of aromatic nitrogens is 2. The third-order valence-corrected chi connectivity index (χ3v) is 4.56. The second-order valence-corrected chi connectivity index (χ2v) is 6.36. The Kier molecular flexibility index (Phi) is 6.25. The quantitative estimate of drug-likeness (QED) is 0.745. The van der Waals surface area contributed by atoms with Crippen LogP contribution in [-0.4, -0.2) is 78.2 Å². The molecule has 0 bridgehead atoms. The van der Waals surface area contributed by atoms with Crippen LogP contribution in [0.1, 0.15) is 0 Å². The molecule has 0 radical (unpaired) electrons. The van der Waals surface area contributed by atoms with Gasteiger partial charge in [0.15, 0.2) is 0 Å². The summed E-state index contributed by atoms with van der Waals surface area (Å²) in [5, 5.41) is 9.22. The van der Waals surface area contributed by atoms with E-state index in [0.717, 1.165) is 0 Å². The number of hydrogen-bond donors (Lipinski definition) is 1. The molecule has 1 N–H and O–H groups in total. The summed E-state index contributed by atoms with van der Waals surface area (Å²) in [5.41, 5.74) is 0.660. The Morgan fingerprint density at radius 3 is 2.29 bits per heavy atom. The molecule has 2 aromatic rings. The Bertz CT molecular complexity index is 792. The molecule has 28 heavy (non-hydrogen) atoms. The molecular formula is C19H23N5O4. The van der Waals surface area contributed by atoms with Gasteiger partial charge in [0.05, 0.1) is 13.7 Å². The number of piperazine rings is 1. The maximum atomic E-state index is 12.7. The SMILES string of the molecule is COc1ccc(N(CC(=O)O)CC(=O)N2CCN(c3ncccn3)CC2)cc1. The summed E-state index contributed by atoms with van der Waals surface area (Å²) in [5.74, 6) is 0.227. The number of rotatable bonds is 7. The van der Waals surface area contributed by atoms with Crippen LogP contribution in [0.15, 0.2) is 42.7 Å². The smallest absolute Gasteiger partial charge is 0.323 e. The van der Waals surface area contributed by atoms with Crippen LogP contribution < -0.4 is 14.5 Å². The number of amides is 1. The highest BCUT2D eigenvalue weighted by Crippen LogP contribution is 2.19. The molecule has 2 heterocycles. The average molecular weight is 385 g/mol. The normalized spacial score (nSPS) is 13.9. The summed E-state index contributed by atoms with van der Waals surface area (Å²) in [4.78, 5) is 37.8. The largest absolute Gasteiger partial charge is 0.497 e. The van der Waals surface area contributed by atoms with Gasteiger partial charge in [-0.25, -0.2) is 9.97 Å². The molecule has 1 aromatic carbocycles. The van der Waals surface area contributed by atoms with E-state index in [9.17, 15) is 14.7 Å². The van der Waals surface area contributed by atoms with Gasteiger partial charge in [0.25, 0.3) is 0 Å². The van der Waals surface area contributed by atoms with Crippen LogP contribution in [0, 0.1) is 0 Å². The molecule has 0 saturated carbocycles. The number of nitrogens with zero attached hydrogens (tertiary/aromatic N) is 5. The number of ether oxygens (including phenoxy) is 1. The predicted octanol–water partition coefficient (Wildman–Crippen LogP) is 0.725. The molecule has 0 atom stereocenters. The zero-order valence-electron chi connectivity index (χ0n) is 15.7. The van der Waals surface area contributed by atoms with Crippen LogP contribution in [0.5, 0.6) is 5.75 Å². The molecule has 0 unspecified atom stereocenters. The predicted molar refractivity (Wildman–Crippen MR) is 104 cm³/mol. The molecule has 9 nitrogen and oxygen atoms in total. The van der Waals surface area contributed by atoms with Gasteiger partial charge in [-0.15, -0.1) is 0 Å². The van der Waals surface area contributed by atoms with Gasteiger partial charge in [-0.05, 0) is 30.3 Å². The van der Waals surface area contributed by atoms with Gasteiger partial charge in [0, 0.05) is 44.3 Å². The van der Waals surface area contributed by atoms with Gasteiger partial charge >= 0.3 is 5.97 Å². The summed E-state index contributed by atoms with van der Waals surface area (Å²) in [6, 6.07) is 8.75. The zero-order chi connectivity index (χ0) is 19.9. The highest BCUT2D eigenvalue weighted by Gasteiger charge is 2.24. The van der Waals surface area contributed by atoms with Crippen LogP contribution in [0.25, 0.3) is 0 Å². The Balaban J connectivity index is 1.61. The standard InChI is InChI=1S/C19H23N5O4/c1-28-16-5-3-15(4-6-16)24(14-18(26)27)13-17(25)22-9-11-23(12-10-22)19-20-7-2-8-21-19/h2-8H,9-14H2,1H3,(H,26,27). The van der Waals surface area contributed by atoms with Crippen LogP contribution in [0.3, 0.4) is 0 Å². The maximum absolute atomic E-state index is 12.7. The Morgan fingerprint density at radius 1 is 1.07 bits per heavy atom. The van der Waals surface area contributed by atoms with Crippen molar-refractivity contribution in [3.63, 3.8) is 0 Å². The van der Waals surface area contributed by atoms with E-state index in [4.69, 9.17) is 4.74 Å². The van der Waals surface area contributed by atoms with Crippen molar-refractivity contribution in [3.8, 4) is 5.75 Å². The van der Waals surface area contributed by atoms with Gasteiger partial charge in [-0.1, -0.05) is 0 Å². The first kappa shape index (κ1) is 19.4. The van der Waals surface area contributed by atoms with Crippen molar-refractivity contribution >= 4 is 23.5 Å². The molecule has 1 fully saturated rings. The number of hydrogen-bond acceptors (Lipinski definition) is 7. The molecule has 1 aromatic heterocycles.